The van der Waals surface area contributed by atoms with Crippen LogP contribution in [-0.2, 0) is 10.0 Å². The van der Waals surface area contributed by atoms with Crippen LogP contribution in [0.2, 0.25) is 0 Å². The molecule has 21 heavy (non-hydrogen) atoms. The normalized spacial score (nSPS) is 11.2. The Hall–Kier alpha value is -2.01. The van der Waals surface area contributed by atoms with Crippen LogP contribution in [0.3, 0.4) is 0 Å². The minimum absolute atomic E-state index is 0.256. The van der Waals surface area contributed by atoms with Crippen LogP contribution in [-0.4, -0.2) is 15.0 Å². The number of hydrogen-bond donors (Lipinski definition) is 2. The SMILES string of the molecule is CCNc1ccccc1S(=O)(=O)Nc1cc(C)cc(C)c1. The van der Waals surface area contributed by atoms with Gasteiger partial charge >= 0.3 is 0 Å². The molecule has 0 amide bonds. The molecule has 5 heteroatoms. The van der Waals surface area contributed by atoms with Crippen LogP contribution in [0.25, 0.3) is 0 Å². The van der Waals surface area contributed by atoms with Crippen molar-refractivity contribution in [1.82, 2.24) is 0 Å². The number of anilines is 2. The summed E-state index contributed by atoms with van der Waals surface area (Å²) >= 11 is 0. The van der Waals surface area contributed by atoms with Crippen LogP contribution in [0.4, 0.5) is 11.4 Å². The molecule has 0 fully saturated rings. The quantitative estimate of drug-likeness (QED) is 0.888. The summed E-state index contributed by atoms with van der Waals surface area (Å²) in [6, 6.07) is 12.5. The summed E-state index contributed by atoms with van der Waals surface area (Å²) in [6.07, 6.45) is 0. The molecule has 0 radical (unpaired) electrons. The zero-order chi connectivity index (χ0) is 15.5. The maximum Gasteiger partial charge on any atom is 0.263 e. The lowest BCUT2D eigenvalue weighted by atomic mass is 10.1. The van der Waals surface area contributed by atoms with Crippen LogP contribution in [0.1, 0.15) is 18.1 Å². The molecule has 0 saturated carbocycles. The third-order valence-corrected chi connectivity index (χ3v) is 4.46. The molecule has 0 bridgehead atoms. The second-order valence-electron chi connectivity index (χ2n) is 5.01. The highest BCUT2D eigenvalue weighted by Crippen LogP contribution is 2.24. The topological polar surface area (TPSA) is 58.2 Å². The molecule has 2 rings (SSSR count). The Kier molecular flexibility index (Phi) is 4.53. The number of rotatable bonds is 5. The van der Waals surface area contributed by atoms with Crippen molar-refractivity contribution in [1.29, 1.82) is 0 Å². The molecule has 0 aliphatic rings. The summed E-state index contributed by atoms with van der Waals surface area (Å²) in [5.74, 6) is 0. The maximum absolute atomic E-state index is 12.6. The highest BCUT2D eigenvalue weighted by molar-refractivity contribution is 7.92. The van der Waals surface area contributed by atoms with Crippen LogP contribution < -0.4 is 10.0 Å². The minimum atomic E-state index is -3.61. The Morgan fingerprint density at radius 1 is 1.00 bits per heavy atom. The molecule has 0 aliphatic carbocycles. The average Bonchev–Trinajstić information content (AvgIpc) is 2.37. The molecular weight excluding hydrogens is 284 g/mol. The highest BCUT2D eigenvalue weighted by atomic mass is 32.2. The number of para-hydroxylation sites is 1. The van der Waals surface area contributed by atoms with Crippen LogP contribution in [0.15, 0.2) is 47.4 Å². The Labute approximate surface area is 126 Å². The zero-order valence-electron chi connectivity index (χ0n) is 12.5. The molecule has 2 aromatic carbocycles. The van der Waals surface area contributed by atoms with E-state index in [9.17, 15) is 8.42 Å². The predicted octanol–water partition coefficient (Wildman–Crippen LogP) is 3.54. The first-order valence-corrected chi connectivity index (χ1v) is 8.34. The van der Waals surface area contributed by atoms with E-state index in [2.05, 4.69) is 10.0 Å². The van der Waals surface area contributed by atoms with Crippen molar-refractivity contribution in [2.24, 2.45) is 0 Å². The van der Waals surface area contributed by atoms with Gasteiger partial charge in [-0.3, -0.25) is 4.72 Å². The molecule has 0 atom stereocenters. The van der Waals surface area contributed by atoms with E-state index in [1.165, 1.54) is 0 Å². The molecule has 0 heterocycles. The number of aryl methyl sites for hydroxylation is 2. The van der Waals surface area contributed by atoms with Crippen LogP contribution in [0.5, 0.6) is 0 Å². The monoisotopic (exact) mass is 304 g/mol. The first-order chi connectivity index (χ1) is 9.92. The van der Waals surface area contributed by atoms with Gasteiger partial charge in [-0.1, -0.05) is 18.2 Å². The Morgan fingerprint density at radius 3 is 2.24 bits per heavy atom. The zero-order valence-corrected chi connectivity index (χ0v) is 13.3. The van der Waals surface area contributed by atoms with Crippen molar-refractivity contribution in [3.05, 3.63) is 53.6 Å². The van der Waals surface area contributed by atoms with Gasteiger partial charge in [0.15, 0.2) is 0 Å². The van der Waals surface area contributed by atoms with Crippen molar-refractivity contribution in [3.63, 3.8) is 0 Å². The number of nitrogens with one attached hydrogen (secondary N) is 2. The first kappa shape index (κ1) is 15.4. The second kappa shape index (κ2) is 6.18. The summed E-state index contributed by atoms with van der Waals surface area (Å²) in [5, 5.41) is 3.07. The smallest absolute Gasteiger partial charge is 0.263 e. The van der Waals surface area contributed by atoms with Gasteiger partial charge in [0, 0.05) is 12.2 Å². The summed E-state index contributed by atoms with van der Waals surface area (Å²) in [7, 11) is -3.61. The fraction of sp³-hybridized carbons (Fsp3) is 0.250. The van der Waals surface area contributed by atoms with E-state index >= 15 is 0 Å². The molecular formula is C16H20N2O2S. The standard InChI is InChI=1S/C16H20N2O2S/c1-4-17-15-7-5-6-8-16(15)21(19,20)18-14-10-12(2)9-13(3)11-14/h5-11,17-18H,4H2,1-3H3. The lowest BCUT2D eigenvalue weighted by molar-refractivity contribution is 0.601. The second-order valence-corrected chi connectivity index (χ2v) is 6.66. The van der Waals surface area contributed by atoms with Gasteiger partial charge in [0.2, 0.25) is 0 Å². The van der Waals surface area contributed by atoms with E-state index in [1.807, 2.05) is 45.0 Å². The number of sulfonamides is 1. The van der Waals surface area contributed by atoms with Gasteiger partial charge in [-0.25, -0.2) is 8.42 Å². The van der Waals surface area contributed by atoms with Gasteiger partial charge in [-0.15, -0.1) is 0 Å². The van der Waals surface area contributed by atoms with Crippen molar-refractivity contribution < 1.29 is 8.42 Å². The Balaban J connectivity index is 2.38. The summed E-state index contributed by atoms with van der Waals surface area (Å²) in [6.45, 7) is 6.48. The van der Waals surface area contributed by atoms with Gasteiger partial charge in [-0.05, 0) is 56.2 Å². The Morgan fingerprint density at radius 2 is 1.62 bits per heavy atom. The van der Waals surface area contributed by atoms with Crippen molar-refractivity contribution >= 4 is 21.4 Å². The maximum atomic E-state index is 12.6. The predicted molar refractivity (Wildman–Crippen MR) is 87.3 cm³/mol. The van der Waals surface area contributed by atoms with Gasteiger partial charge in [0.25, 0.3) is 10.0 Å². The fourth-order valence-electron chi connectivity index (χ4n) is 2.28. The highest BCUT2D eigenvalue weighted by Gasteiger charge is 2.18. The largest absolute Gasteiger partial charge is 0.384 e. The van der Waals surface area contributed by atoms with E-state index in [0.717, 1.165) is 11.1 Å². The Bertz CT molecular complexity index is 719. The first-order valence-electron chi connectivity index (χ1n) is 6.86. The molecule has 0 saturated heterocycles. The average molecular weight is 304 g/mol. The van der Waals surface area contributed by atoms with E-state index < -0.39 is 10.0 Å². The van der Waals surface area contributed by atoms with Crippen molar-refractivity contribution in [3.8, 4) is 0 Å². The molecule has 4 nitrogen and oxygen atoms in total. The van der Waals surface area contributed by atoms with E-state index in [1.54, 1.807) is 18.2 Å². The molecule has 0 spiro atoms. The number of hydrogen-bond acceptors (Lipinski definition) is 3. The van der Waals surface area contributed by atoms with E-state index in [0.29, 0.717) is 17.9 Å². The van der Waals surface area contributed by atoms with Crippen molar-refractivity contribution in [2.45, 2.75) is 25.7 Å². The van der Waals surface area contributed by atoms with Crippen LogP contribution in [0, 0.1) is 13.8 Å². The van der Waals surface area contributed by atoms with Gasteiger partial charge in [-0.2, -0.15) is 0 Å². The van der Waals surface area contributed by atoms with Crippen LogP contribution >= 0.6 is 0 Å². The molecule has 0 aromatic heterocycles. The summed E-state index contributed by atoms with van der Waals surface area (Å²) < 4.78 is 27.8. The number of benzene rings is 2. The van der Waals surface area contributed by atoms with Gasteiger partial charge in [0.1, 0.15) is 4.90 Å². The van der Waals surface area contributed by atoms with Gasteiger partial charge < -0.3 is 5.32 Å². The lowest BCUT2D eigenvalue weighted by Gasteiger charge is -2.13. The molecule has 2 N–H and O–H groups in total. The third-order valence-electron chi connectivity index (χ3n) is 3.02. The van der Waals surface area contributed by atoms with E-state index in [4.69, 9.17) is 0 Å². The molecule has 0 aliphatic heterocycles. The molecule has 0 unspecified atom stereocenters. The third kappa shape index (κ3) is 3.76. The molecule has 112 valence electrons. The van der Waals surface area contributed by atoms with E-state index in [-0.39, 0.29) is 4.90 Å². The summed E-state index contributed by atoms with van der Waals surface area (Å²) in [5.41, 5.74) is 3.23. The minimum Gasteiger partial charge on any atom is -0.384 e. The molecule has 2 aromatic rings. The van der Waals surface area contributed by atoms with Gasteiger partial charge in [0.05, 0.1) is 5.69 Å². The fourth-order valence-corrected chi connectivity index (χ4v) is 3.51. The lowest BCUT2D eigenvalue weighted by Crippen LogP contribution is -2.15. The van der Waals surface area contributed by atoms with Crippen molar-refractivity contribution in [2.75, 3.05) is 16.6 Å². The summed E-state index contributed by atoms with van der Waals surface area (Å²) in [4.78, 5) is 0.256.